The van der Waals surface area contributed by atoms with Crippen LogP contribution in [-0.4, -0.2) is 55.0 Å². The van der Waals surface area contributed by atoms with Crippen molar-refractivity contribution >= 4 is 11.9 Å². The van der Waals surface area contributed by atoms with E-state index >= 15 is 0 Å². The quantitative estimate of drug-likeness (QED) is 0.700. The third-order valence-electron chi connectivity index (χ3n) is 2.31. The molecule has 0 aromatic carbocycles. The van der Waals surface area contributed by atoms with Gasteiger partial charge in [-0.15, -0.1) is 0 Å². The van der Waals surface area contributed by atoms with E-state index in [0.29, 0.717) is 6.61 Å². The second-order valence-electron chi connectivity index (χ2n) is 3.59. The van der Waals surface area contributed by atoms with Crippen LogP contribution in [0.5, 0.6) is 11.8 Å². The minimum Gasteiger partial charge on any atom is -0.481 e. The number of anilines is 1. The molecule has 19 heavy (non-hydrogen) atoms. The number of aliphatic carboxylic acids is 1. The fourth-order valence-corrected chi connectivity index (χ4v) is 1.33. The lowest BCUT2D eigenvalue weighted by Crippen LogP contribution is -2.31. The smallest absolute Gasteiger partial charge is 0.326 e. The molecule has 0 radical (unpaired) electrons. The Labute approximate surface area is 110 Å². The van der Waals surface area contributed by atoms with Gasteiger partial charge in [0.25, 0.3) is 0 Å². The van der Waals surface area contributed by atoms with Crippen LogP contribution < -0.4 is 14.8 Å². The standard InChI is InChI=1S/C11H17N3O5/c1-17-5-4-7(10(15)16)12-11-13-8(18-2)6-9(14-11)19-3/h6-7H,4-5H2,1-3H3,(H,15,16)(H,12,13,14). The van der Waals surface area contributed by atoms with Crippen molar-refractivity contribution in [1.29, 1.82) is 0 Å². The van der Waals surface area contributed by atoms with E-state index in [-0.39, 0.29) is 24.1 Å². The molecule has 0 saturated heterocycles. The number of rotatable bonds is 8. The minimum atomic E-state index is -1.01. The molecule has 0 fully saturated rings. The van der Waals surface area contributed by atoms with Gasteiger partial charge in [0.1, 0.15) is 6.04 Å². The molecule has 1 heterocycles. The lowest BCUT2D eigenvalue weighted by molar-refractivity contribution is -0.138. The van der Waals surface area contributed by atoms with Gasteiger partial charge in [-0.1, -0.05) is 0 Å². The van der Waals surface area contributed by atoms with E-state index < -0.39 is 12.0 Å². The lowest BCUT2D eigenvalue weighted by Gasteiger charge is -2.14. The number of carboxylic acids is 1. The van der Waals surface area contributed by atoms with E-state index in [9.17, 15) is 4.79 Å². The van der Waals surface area contributed by atoms with Crippen molar-refractivity contribution in [1.82, 2.24) is 9.97 Å². The number of ether oxygens (including phenoxy) is 3. The highest BCUT2D eigenvalue weighted by Gasteiger charge is 2.19. The van der Waals surface area contributed by atoms with Gasteiger partial charge in [0.2, 0.25) is 17.7 Å². The fourth-order valence-electron chi connectivity index (χ4n) is 1.33. The Hall–Kier alpha value is -2.09. The van der Waals surface area contributed by atoms with Crippen LogP contribution in [0.15, 0.2) is 6.07 Å². The Morgan fingerprint density at radius 1 is 1.32 bits per heavy atom. The van der Waals surface area contributed by atoms with Gasteiger partial charge in [0.05, 0.1) is 20.3 Å². The molecular weight excluding hydrogens is 254 g/mol. The Balaban J connectivity index is 2.85. The van der Waals surface area contributed by atoms with Gasteiger partial charge in [-0.3, -0.25) is 0 Å². The van der Waals surface area contributed by atoms with Gasteiger partial charge in [-0.25, -0.2) is 4.79 Å². The van der Waals surface area contributed by atoms with Crippen LogP contribution in [0.4, 0.5) is 5.95 Å². The molecule has 1 unspecified atom stereocenters. The van der Waals surface area contributed by atoms with Crippen molar-refractivity contribution in [2.45, 2.75) is 12.5 Å². The highest BCUT2D eigenvalue weighted by Crippen LogP contribution is 2.18. The third kappa shape index (κ3) is 4.59. The van der Waals surface area contributed by atoms with Crippen LogP contribution in [-0.2, 0) is 9.53 Å². The molecule has 8 heteroatoms. The molecule has 2 N–H and O–H groups in total. The minimum absolute atomic E-state index is 0.125. The number of aromatic nitrogens is 2. The molecule has 0 aliphatic heterocycles. The van der Waals surface area contributed by atoms with Gasteiger partial charge in [-0.05, 0) is 0 Å². The second kappa shape index (κ2) is 7.37. The first-order chi connectivity index (χ1) is 9.10. The average molecular weight is 271 g/mol. The topological polar surface area (TPSA) is 103 Å². The number of nitrogens with zero attached hydrogens (tertiary/aromatic N) is 2. The van der Waals surface area contributed by atoms with Crippen molar-refractivity contribution in [2.24, 2.45) is 0 Å². The Bertz CT molecular complexity index is 405. The molecular formula is C11H17N3O5. The van der Waals surface area contributed by atoms with E-state index in [4.69, 9.17) is 19.3 Å². The molecule has 0 saturated carbocycles. The Morgan fingerprint density at radius 2 is 1.89 bits per heavy atom. The summed E-state index contributed by atoms with van der Waals surface area (Å²) in [6, 6.07) is 0.646. The maximum absolute atomic E-state index is 11.1. The lowest BCUT2D eigenvalue weighted by atomic mass is 10.2. The van der Waals surface area contributed by atoms with Gasteiger partial charge in [-0.2, -0.15) is 9.97 Å². The first-order valence-electron chi connectivity index (χ1n) is 5.56. The SMILES string of the molecule is COCCC(Nc1nc(OC)cc(OC)n1)C(=O)O. The van der Waals surface area contributed by atoms with E-state index in [0.717, 1.165) is 0 Å². The predicted octanol–water partition coefficient (Wildman–Crippen LogP) is 0.395. The van der Waals surface area contributed by atoms with Crippen molar-refractivity contribution in [3.05, 3.63) is 6.07 Å². The molecule has 106 valence electrons. The van der Waals surface area contributed by atoms with Crippen molar-refractivity contribution in [3.63, 3.8) is 0 Å². The van der Waals surface area contributed by atoms with Crippen LogP contribution in [0.1, 0.15) is 6.42 Å². The van der Waals surface area contributed by atoms with E-state index in [2.05, 4.69) is 15.3 Å². The highest BCUT2D eigenvalue weighted by atomic mass is 16.5. The van der Waals surface area contributed by atoms with Gasteiger partial charge < -0.3 is 24.6 Å². The summed E-state index contributed by atoms with van der Waals surface area (Å²) in [5.74, 6) is -0.322. The Morgan fingerprint density at radius 3 is 2.32 bits per heavy atom. The summed E-state index contributed by atoms with van der Waals surface area (Å²) in [6.45, 7) is 0.311. The highest BCUT2D eigenvalue weighted by molar-refractivity contribution is 5.76. The summed E-state index contributed by atoms with van der Waals surface area (Å²) in [5.41, 5.74) is 0. The molecule has 0 amide bonds. The maximum Gasteiger partial charge on any atom is 0.326 e. The summed E-state index contributed by atoms with van der Waals surface area (Å²) in [6.07, 6.45) is 0.286. The molecule has 1 aromatic rings. The Kier molecular flexibility index (Phi) is 5.80. The monoisotopic (exact) mass is 271 g/mol. The van der Waals surface area contributed by atoms with E-state index in [1.807, 2.05) is 0 Å². The van der Waals surface area contributed by atoms with E-state index in [1.54, 1.807) is 0 Å². The maximum atomic E-state index is 11.1. The number of carbonyl (C=O) groups is 1. The summed E-state index contributed by atoms with van der Waals surface area (Å²) < 4.78 is 14.8. The average Bonchev–Trinajstić information content (AvgIpc) is 2.42. The molecule has 1 aromatic heterocycles. The molecule has 0 spiro atoms. The molecule has 0 aliphatic carbocycles. The van der Waals surface area contributed by atoms with Crippen molar-refractivity contribution < 1.29 is 24.1 Å². The number of hydrogen-bond donors (Lipinski definition) is 2. The van der Waals surface area contributed by atoms with Crippen LogP contribution in [0, 0.1) is 0 Å². The molecule has 1 rings (SSSR count). The van der Waals surface area contributed by atoms with Crippen molar-refractivity contribution in [3.8, 4) is 11.8 Å². The molecule has 8 nitrogen and oxygen atoms in total. The van der Waals surface area contributed by atoms with Crippen molar-refractivity contribution in [2.75, 3.05) is 33.3 Å². The normalized spacial score (nSPS) is 11.7. The largest absolute Gasteiger partial charge is 0.481 e. The fraction of sp³-hybridized carbons (Fsp3) is 0.545. The zero-order chi connectivity index (χ0) is 14.3. The number of hydrogen-bond acceptors (Lipinski definition) is 7. The number of methoxy groups -OCH3 is 3. The zero-order valence-corrected chi connectivity index (χ0v) is 11.0. The molecule has 0 bridgehead atoms. The van der Waals surface area contributed by atoms with E-state index in [1.165, 1.54) is 27.4 Å². The van der Waals surface area contributed by atoms with Crippen LogP contribution in [0.3, 0.4) is 0 Å². The zero-order valence-electron chi connectivity index (χ0n) is 11.0. The predicted molar refractivity (Wildman–Crippen MR) is 66.7 cm³/mol. The molecule has 0 aliphatic rings. The summed E-state index contributed by atoms with van der Waals surface area (Å²) in [5, 5.41) is 11.8. The summed E-state index contributed by atoms with van der Waals surface area (Å²) >= 11 is 0. The summed E-state index contributed by atoms with van der Waals surface area (Å²) in [4.78, 5) is 19.1. The first kappa shape index (κ1) is 15.0. The number of nitrogens with one attached hydrogen (secondary N) is 1. The van der Waals surface area contributed by atoms with Crippen LogP contribution >= 0.6 is 0 Å². The van der Waals surface area contributed by atoms with Gasteiger partial charge in [0, 0.05) is 20.1 Å². The van der Waals surface area contributed by atoms with Gasteiger partial charge in [0.15, 0.2) is 0 Å². The second-order valence-corrected chi connectivity index (χ2v) is 3.59. The first-order valence-corrected chi connectivity index (χ1v) is 5.56. The summed E-state index contributed by atoms with van der Waals surface area (Å²) in [7, 11) is 4.40. The van der Waals surface area contributed by atoms with Gasteiger partial charge >= 0.3 is 5.97 Å². The molecule has 1 atom stereocenters. The number of carboxylic acid groups (broad SMARTS) is 1. The van der Waals surface area contributed by atoms with Crippen LogP contribution in [0.2, 0.25) is 0 Å². The van der Waals surface area contributed by atoms with Crippen LogP contribution in [0.25, 0.3) is 0 Å². The third-order valence-corrected chi connectivity index (χ3v) is 2.31.